The summed E-state index contributed by atoms with van der Waals surface area (Å²) in [5.74, 6) is 0.168. The van der Waals surface area contributed by atoms with Crippen LogP contribution >= 0.6 is 12.4 Å². The second kappa shape index (κ2) is 9.03. The van der Waals surface area contributed by atoms with Crippen molar-refractivity contribution in [2.45, 2.75) is 44.9 Å². The van der Waals surface area contributed by atoms with Crippen molar-refractivity contribution in [3.63, 3.8) is 0 Å². The minimum Gasteiger partial charge on any atom is -0.373 e. The number of halogens is 1. The first kappa shape index (κ1) is 18.0. The van der Waals surface area contributed by atoms with E-state index in [-0.39, 0.29) is 30.5 Å². The van der Waals surface area contributed by atoms with Gasteiger partial charge in [0, 0.05) is 25.6 Å². The van der Waals surface area contributed by atoms with Gasteiger partial charge in [0.15, 0.2) is 0 Å². The van der Waals surface area contributed by atoms with Gasteiger partial charge in [-0.15, -0.1) is 12.4 Å². The van der Waals surface area contributed by atoms with Crippen molar-refractivity contribution in [3.05, 3.63) is 35.9 Å². The van der Waals surface area contributed by atoms with Gasteiger partial charge in [-0.3, -0.25) is 4.79 Å². The van der Waals surface area contributed by atoms with E-state index in [2.05, 4.69) is 12.1 Å². The highest BCUT2D eigenvalue weighted by Gasteiger charge is 2.23. The molecule has 1 aromatic carbocycles. The third kappa shape index (κ3) is 6.04. The highest BCUT2D eigenvalue weighted by molar-refractivity contribution is 5.85. The summed E-state index contributed by atoms with van der Waals surface area (Å²) in [5, 5.41) is 0. The summed E-state index contributed by atoms with van der Waals surface area (Å²) in [6, 6.07) is 10.1. The molecule has 1 saturated heterocycles. The van der Waals surface area contributed by atoms with Crippen molar-refractivity contribution < 1.29 is 9.53 Å². The predicted octanol–water partition coefficient (Wildman–Crippen LogP) is 2.35. The molecule has 1 heterocycles. The molecule has 1 fully saturated rings. The summed E-state index contributed by atoms with van der Waals surface area (Å²) in [6.07, 6.45) is 2.53. The number of likely N-dealkylation sites (tertiary alicyclic amines) is 1. The maximum Gasteiger partial charge on any atom is 0.224 e. The summed E-state index contributed by atoms with van der Waals surface area (Å²) in [7, 11) is 0. The standard InChI is InChI=1S/C16H24N2O2.ClH/c1-13(17)11-16(19)18-9-7-15(8-10-18)20-12-14-5-3-2-4-6-14;/h2-6,13,15H,7-12,17H2,1H3;1H. The number of nitrogens with zero attached hydrogens (tertiary/aromatic N) is 1. The van der Waals surface area contributed by atoms with Gasteiger partial charge in [-0.1, -0.05) is 30.3 Å². The smallest absolute Gasteiger partial charge is 0.224 e. The van der Waals surface area contributed by atoms with Crippen LogP contribution in [-0.2, 0) is 16.1 Å². The van der Waals surface area contributed by atoms with Crippen molar-refractivity contribution in [2.75, 3.05) is 13.1 Å². The number of rotatable bonds is 5. The van der Waals surface area contributed by atoms with E-state index in [4.69, 9.17) is 10.5 Å². The Morgan fingerprint density at radius 2 is 1.95 bits per heavy atom. The zero-order chi connectivity index (χ0) is 14.4. The van der Waals surface area contributed by atoms with Crippen LogP contribution in [0.15, 0.2) is 30.3 Å². The lowest BCUT2D eigenvalue weighted by molar-refractivity contribution is -0.134. The third-order valence-electron chi connectivity index (χ3n) is 3.62. The monoisotopic (exact) mass is 312 g/mol. The fourth-order valence-electron chi connectivity index (χ4n) is 2.46. The van der Waals surface area contributed by atoms with Gasteiger partial charge in [-0.2, -0.15) is 0 Å². The quantitative estimate of drug-likeness (QED) is 0.908. The van der Waals surface area contributed by atoms with Crippen LogP contribution < -0.4 is 5.73 Å². The van der Waals surface area contributed by atoms with E-state index in [1.165, 1.54) is 5.56 Å². The van der Waals surface area contributed by atoms with Gasteiger partial charge in [0.05, 0.1) is 12.7 Å². The Balaban J connectivity index is 0.00000220. The molecule has 2 N–H and O–H groups in total. The highest BCUT2D eigenvalue weighted by atomic mass is 35.5. The minimum atomic E-state index is -0.0606. The van der Waals surface area contributed by atoms with Crippen molar-refractivity contribution in [1.82, 2.24) is 4.90 Å². The molecule has 0 spiro atoms. The van der Waals surface area contributed by atoms with Gasteiger partial charge in [0.2, 0.25) is 5.91 Å². The Bertz CT molecular complexity index is 418. The van der Waals surface area contributed by atoms with Crippen molar-refractivity contribution in [1.29, 1.82) is 0 Å². The summed E-state index contributed by atoms with van der Waals surface area (Å²) < 4.78 is 5.92. The van der Waals surface area contributed by atoms with Gasteiger partial charge in [-0.25, -0.2) is 0 Å². The highest BCUT2D eigenvalue weighted by Crippen LogP contribution is 2.16. The molecule has 1 amide bonds. The number of amides is 1. The molecule has 0 aromatic heterocycles. The Morgan fingerprint density at radius 3 is 2.52 bits per heavy atom. The molecule has 2 rings (SSSR count). The van der Waals surface area contributed by atoms with Crippen molar-refractivity contribution in [2.24, 2.45) is 5.73 Å². The van der Waals surface area contributed by atoms with Crippen LogP contribution in [0.2, 0.25) is 0 Å². The van der Waals surface area contributed by atoms with Gasteiger partial charge >= 0.3 is 0 Å². The molecule has 0 bridgehead atoms. The maximum absolute atomic E-state index is 11.9. The first-order valence-electron chi connectivity index (χ1n) is 7.34. The summed E-state index contributed by atoms with van der Waals surface area (Å²) >= 11 is 0. The van der Waals surface area contributed by atoms with Gasteiger partial charge < -0.3 is 15.4 Å². The molecule has 1 aliphatic rings. The second-order valence-electron chi connectivity index (χ2n) is 5.56. The minimum absolute atomic E-state index is 0. The van der Waals surface area contributed by atoms with E-state index in [1.54, 1.807) is 0 Å². The Labute approximate surface area is 133 Å². The zero-order valence-corrected chi connectivity index (χ0v) is 13.3. The van der Waals surface area contributed by atoms with E-state index < -0.39 is 0 Å². The molecule has 1 aromatic rings. The van der Waals surface area contributed by atoms with Gasteiger partial charge in [0.1, 0.15) is 0 Å². The average molecular weight is 313 g/mol. The van der Waals surface area contributed by atoms with E-state index in [0.717, 1.165) is 25.9 Å². The number of nitrogens with two attached hydrogens (primary N) is 1. The molecular formula is C16H25ClN2O2. The molecular weight excluding hydrogens is 288 g/mol. The van der Waals surface area contributed by atoms with Crippen LogP contribution in [0, 0.1) is 0 Å². The van der Waals surface area contributed by atoms with E-state index in [1.807, 2.05) is 30.0 Å². The maximum atomic E-state index is 11.9. The van der Waals surface area contributed by atoms with Crippen molar-refractivity contribution >= 4 is 18.3 Å². The second-order valence-corrected chi connectivity index (χ2v) is 5.56. The third-order valence-corrected chi connectivity index (χ3v) is 3.62. The molecule has 0 aliphatic carbocycles. The number of carbonyl (C=O) groups is 1. The number of piperidine rings is 1. The molecule has 1 atom stereocenters. The Morgan fingerprint density at radius 1 is 1.33 bits per heavy atom. The number of hydrogen-bond acceptors (Lipinski definition) is 3. The van der Waals surface area contributed by atoms with Crippen LogP contribution in [0.25, 0.3) is 0 Å². The summed E-state index contributed by atoms with van der Waals surface area (Å²) in [6.45, 7) is 4.09. The van der Waals surface area contributed by atoms with Crippen LogP contribution in [0.1, 0.15) is 31.7 Å². The molecule has 1 unspecified atom stereocenters. The Hall–Kier alpha value is -1.10. The molecule has 21 heavy (non-hydrogen) atoms. The molecule has 4 nitrogen and oxygen atoms in total. The molecule has 0 saturated carbocycles. The van der Waals surface area contributed by atoms with Crippen LogP contribution in [0.4, 0.5) is 0 Å². The molecule has 1 aliphatic heterocycles. The predicted molar refractivity (Wildman–Crippen MR) is 86.3 cm³/mol. The first-order chi connectivity index (χ1) is 9.65. The number of hydrogen-bond donors (Lipinski definition) is 1. The SMILES string of the molecule is CC(N)CC(=O)N1CCC(OCc2ccccc2)CC1.Cl. The number of ether oxygens (including phenoxy) is 1. The lowest BCUT2D eigenvalue weighted by Gasteiger charge is -2.32. The number of benzene rings is 1. The normalized spacial score (nSPS) is 17.1. The lowest BCUT2D eigenvalue weighted by atomic mass is 10.1. The van der Waals surface area contributed by atoms with Crippen LogP contribution in [-0.4, -0.2) is 36.0 Å². The van der Waals surface area contributed by atoms with Crippen LogP contribution in [0.5, 0.6) is 0 Å². The fraction of sp³-hybridized carbons (Fsp3) is 0.562. The van der Waals surface area contributed by atoms with Crippen molar-refractivity contribution in [3.8, 4) is 0 Å². The van der Waals surface area contributed by atoms with E-state index in [0.29, 0.717) is 13.0 Å². The van der Waals surface area contributed by atoms with Crippen LogP contribution in [0.3, 0.4) is 0 Å². The molecule has 5 heteroatoms. The summed E-state index contributed by atoms with van der Waals surface area (Å²) in [5.41, 5.74) is 6.86. The van der Waals surface area contributed by atoms with E-state index >= 15 is 0 Å². The van der Waals surface area contributed by atoms with Gasteiger partial charge in [-0.05, 0) is 25.3 Å². The lowest BCUT2D eigenvalue weighted by Crippen LogP contribution is -2.42. The largest absolute Gasteiger partial charge is 0.373 e. The molecule has 0 radical (unpaired) electrons. The van der Waals surface area contributed by atoms with E-state index in [9.17, 15) is 4.79 Å². The topological polar surface area (TPSA) is 55.6 Å². The number of carbonyl (C=O) groups excluding carboxylic acids is 1. The fourth-order valence-corrected chi connectivity index (χ4v) is 2.46. The first-order valence-corrected chi connectivity index (χ1v) is 7.34. The Kier molecular flexibility index (Phi) is 7.72. The summed E-state index contributed by atoms with van der Waals surface area (Å²) in [4.78, 5) is 13.8. The van der Waals surface area contributed by atoms with Gasteiger partial charge in [0.25, 0.3) is 0 Å². The molecule has 118 valence electrons. The zero-order valence-electron chi connectivity index (χ0n) is 12.5. The average Bonchev–Trinajstić information content (AvgIpc) is 2.46.